The molecular formula is C30H36N8O2. The van der Waals surface area contributed by atoms with Crippen LogP contribution in [0.2, 0.25) is 0 Å². The molecule has 40 heavy (non-hydrogen) atoms. The largest absolute Gasteiger partial charge is 0.373 e. The number of rotatable bonds is 8. The van der Waals surface area contributed by atoms with Crippen LogP contribution in [0.4, 0.5) is 17.3 Å². The van der Waals surface area contributed by atoms with Crippen LogP contribution in [0.1, 0.15) is 19.5 Å². The van der Waals surface area contributed by atoms with E-state index in [1.807, 2.05) is 32.0 Å². The quantitative estimate of drug-likeness (QED) is 0.338. The number of anilines is 3. The number of nitrogens with zero attached hydrogens (tertiary/aromatic N) is 7. The maximum absolute atomic E-state index is 13.3. The van der Waals surface area contributed by atoms with Crippen LogP contribution >= 0.6 is 0 Å². The van der Waals surface area contributed by atoms with Crippen molar-refractivity contribution in [3.8, 4) is 5.82 Å². The van der Waals surface area contributed by atoms with Gasteiger partial charge in [-0.2, -0.15) is 4.98 Å². The molecule has 0 spiro atoms. The number of hydrogen-bond donors (Lipinski definition) is 1. The minimum absolute atomic E-state index is 0.203. The first-order chi connectivity index (χ1) is 19.3. The molecule has 2 aliphatic rings. The van der Waals surface area contributed by atoms with Crippen LogP contribution < -0.4 is 15.8 Å². The molecule has 6 rings (SSSR count). The van der Waals surface area contributed by atoms with Gasteiger partial charge in [-0.15, -0.1) is 6.58 Å². The second-order valence-corrected chi connectivity index (χ2v) is 11.3. The zero-order valence-electron chi connectivity index (χ0n) is 23.5. The van der Waals surface area contributed by atoms with Crippen LogP contribution in [0.3, 0.4) is 0 Å². The van der Waals surface area contributed by atoms with Crippen molar-refractivity contribution in [1.29, 1.82) is 0 Å². The Labute approximate surface area is 233 Å². The molecule has 0 amide bonds. The third-order valence-electron chi connectivity index (χ3n) is 8.21. The molecule has 0 bridgehead atoms. The number of fused-ring (bicyclic) bond motifs is 2. The molecule has 208 valence electrons. The molecule has 2 atom stereocenters. The van der Waals surface area contributed by atoms with E-state index < -0.39 is 5.60 Å². The summed E-state index contributed by atoms with van der Waals surface area (Å²) in [7, 11) is 3.87. The van der Waals surface area contributed by atoms with E-state index in [0.29, 0.717) is 29.3 Å². The van der Waals surface area contributed by atoms with E-state index in [0.717, 1.165) is 36.3 Å². The Morgan fingerprint density at radius 1 is 1.07 bits per heavy atom. The van der Waals surface area contributed by atoms with Crippen molar-refractivity contribution in [2.75, 3.05) is 50.6 Å². The first kappa shape index (κ1) is 26.2. The van der Waals surface area contributed by atoms with Gasteiger partial charge in [-0.3, -0.25) is 4.79 Å². The fourth-order valence-corrected chi connectivity index (χ4v) is 5.91. The minimum atomic E-state index is -0.597. The number of pyridine rings is 1. The standard InChI is InChI=1S/C30H36N8O2/c1-6-14-37-28(39)24-15-31-29(34-27(24)38(37)26-9-7-8-25(33-26)30(2,3)40-5)32-22-10-12-23(13-11-22)36-18-20-16-35(4)17-21(20)19-36/h6-13,15,20-21H,1,14,16-19H2,2-5H3,(H,31,32,34). The van der Waals surface area contributed by atoms with Crippen LogP contribution in [-0.2, 0) is 16.9 Å². The zero-order valence-corrected chi connectivity index (χ0v) is 23.5. The number of likely N-dealkylation sites (tertiary alicyclic amines) is 1. The van der Waals surface area contributed by atoms with Gasteiger partial charge in [0.15, 0.2) is 11.5 Å². The van der Waals surface area contributed by atoms with Crippen molar-refractivity contribution in [2.24, 2.45) is 11.8 Å². The Hall–Kier alpha value is -4.02. The Morgan fingerprint density at radius 2 is 1.80 bits per heavy atom. The SMILES string of the molecule is C=CCn1c(=O)c2cnc(Nc3ccc(N4CC5CN(C)CC5C4)cc3)nc2n1-c1cccc(C(C)(C)OC)n1. The van der Waals surface area contributed by atoms with Gasteiger partial charge >= 0.3 is 0 Å². The summed E-state index contributed by atoms with van der Waals surface area (Å²) in [5, 5.41) is 3.72. The Kier molecular flexibility index (Phi) is 6.67. The van der Waals surface area contributed by atoms with Crippen molar-refractivity contribution in [3.63, 3.8) is 0 Å². The number of nitrogens with one attached hydrogen (secondary N) is 1. The molecule has 3 aromatic heterocycles. The lowest BCUT2D eigenvalue weighted by Crippen LogP contribution is -2.26. The molecular weight excluding hydrogens is 504 g/mol. The van der Waals surface area contributed by atoms with E-state index in [4.69, 9.17) is 14.7 Å². The summed E-state index contributed by atoms with van der Waals surface area (Å²) in [5.41, 5.74) is 2.52. The number of methoxy groups -OCH3 is 1. The van der Waals surface area contributed by atoms with Crippen LogP contribution in [-0.4, -0.2) is 69.6 Å². The van der Waals surface area contributed by atoms with Gasteiger partial charge in [0.2, 0.25) is 5.95 Å². The molecule has 10 heteroatoms. The van der Waals surface area contributed by atoms with E-state index in [-0.39, 0.29) is 5.56 Å². The van der Waals surface area contributed by atoms with Gasteiger partial charge in [-0.25, -0.2) is 19.3 Å². The molecule has 0 saturated carbocycles. The van der Waals surface area contributed by atoms with E-state index in [1.54, 1.807) is 28.7 Å². The number of allylic oxidation sites excluding steroid dienone is 1. The molecule has 4 aromatic rings. The number of benzene rings is 1. The van der Waals surface area contributed by atoms with E-state index in [1.165, 1.54) is 18.8 Å². The number of ether oxygens (including phenoxy) is 1. The maximum Gasteiger partial charge on any atom is 0.278 e. The lowest BCUT2D eigenvalue weighted by molar-refractivity contribution is 0.0154. The first-order valence-electron chi connectivity index (χ1n) is 13.7. The highest BCUT2D eigenvalue weighted by molar-refractivity contribution is 5.77. The predicted octanol–water partition coefficient (Wildman–Crippen LogP) is 3.79. The summed E-state index contributed by atoms with van der Waals surface area (Å²) in [6, 6.07) is 14.1. The van der Waals surface area contributed by atoms with Crippen molar-refractivity contribution >= 4 is 28.4 Å². The molecule has 1 aromatic carbocycles. The lowest BCUT2D eigenvalue weighted by atomic mass is 10.0. The van der Waals surface area contributed by atoms with Crippen LogP contribution in [0.5, 0.6) is 0 Å². The Balaban J connectivity index is 1.31. The minimum Gasteiger partial charge on any atom is -0.373 e. The Bertz CT molecular complexity index is 1590. The molecule has 2 saturated heterocycles. The summed E-state index contributed by atoms with van der Waals surface area (Å²) in [6.45, 7) is 12.6. The van der Waals surface area contributed by atoms with Crippen LogP contribution in [0, 0.1) is 11.8 Å². The van der Waals surface area contributed by atoms with E-state index in [2.05, 4.69) is 58.0 Å². The van der Waals surface area contributed by atoms with E-state index in [9.17, 15) is 4.79 Å². The summed E-state index contributed by atoms with van der Waals surface area (Å²) < 4.78 is 8.94. The van der Waals surface area contributed by atoms with Crippen molar-refractivity contribution < 1.29 is 4.74 Å². The van der Waals surface area contributed by atoms with Gasteiger partial charge in [0, 0.05) is 50.9 Å². The van der Waals surface area contributed by atoms with Gasteiger partial charge < -0.3 is 19.9 Å². The smallest absolute Gasteiger partial charge is 0.278 e. The summed E-state index contributed by atoms with van der Waals surface area (Å²) >= 11 is 0. The fourth-order valence-electron chi connectivity index (χ4n) is 5.91. The molecule has 5 heterocycles. The van der Waals surface area contributed by atoms with Gasteiger partial charge in [-0.05, 0) is 69.1 Å². The highest BCUT2D eigenvalue weighted by atomic mass is 16.5. The first-order valence-corrected chi connectivity index (χ1v) is 13.7. The highest BCUT2D eigenvalue weighted by Crippen LogP contribution is 2.34. The second-order valence-electron chi connectivity index (χ2n) is 11.3. The summed E-state index contributed by atoms with van der Waals surface area (Å²) in [4.78, 5) is 32.3. The van der Waals surface area contributed by atoms with Crippen LogP contribution in [0.25, 0.3) is 16.9 Å². The van der Waals surface area contributed by atoms with Crippen molar-refractivity contribution in [2.45, 2.75) is 26.0 Å². The fraction of sp³-hybridized carbons (Fsp3) is 0.400. The normalized spacial score (nSPS) is 19.4. The second kappa shape index (κ2) is 10.2. The number of aromatic nitrogens is 5. The molecule has 1 N–H and O–H groups in total. The molecule has 0 aliphatic carbocycles. The Morgan fingerprint density at radius 3 is 2.48 bits per heavy atom. The summed E-state index contributed by atoms with van der Waals surface area (Å²) in [5.74, 6) is 2.47. The summed E-state index contributed by atoms with van der Waals surface area (Å²) in [6.07, 6.45) is 3.25. The molecule has 0 radical (unpaired) electrons. The molecule has 2 unspecified atom stereocenters. The van der Waals surface area contributed by atoms with Crippen molar-refractivity contribution in [1.82, 2.24) is 29.2 Å². The maximum atomic E-state index is 13.3. The topological polar surface area (TPSA) is 93.3 Å². The zero-order chi connectivity index (χ0) is 28.0. The van der Waals surface area contributed by atoms with Crippen molar-refractivity contribution in [3.05, 3.63) is 77.4 Å². The third kappa shape index (κ3) is 4.67. The van der Waals surface area contributed by atoms with Gasteiger partial charge in [0.25, 0.3) is 5.56 Å². The third-order valence-corrected chi connectivity index (χ3v) is 8.21. The average Bonchev–Trinajstić information content (AvgIpc) is 3.59. The molecule has 2 aliphatic heterocycles. The molecule has 2 fully saturated rings. The van der Waals surface area contributed by atoms with E-state index >= 15 is 0 Å². The average molecular weight is 541 g/mol. The van der Waals surface area contributed by atoms with Gasteiger partial charge in [-0.1, -0.05) is 12.1 Å². The van der Waals surface area contributed by atoms with Gasteiger partial charge in [0.1, 0.15) is 11.0 Å². The monoisotopic (exact) mass is 540 g/mol. The molecule has 10 nitrogen and oxygen atoms in total. The predicted molar refractivity (Wildman–Crippen MR) is 158 cm³/mol. The lowest BCUT2D eigenvalue weighted by Gasteiger charge is -2.23. The highest BCUT2D eigenvalue weighted by Gasteiger charge is 2.38. The number of hydrogen-bond acceptors (Lipinski definition) is 8. The van der Waals surface area contributed by atoms with Crippen LogP contribution in [0.15, 0.2) is 66.1 Å². The van der Waals surface area contributed by atoms with Gasteiger partial charge in [0.05, 0.1) is 12.2 Å².